The van der Waals surface area contributed by atoms with E-state index >= 15 is 0 Å². The molecule has 0 unspecified atom stereocenters. The van der Waals surface area contributed by atoms with Gasteiger partial charge in [0.1, 0.15) is 0 Å². The van der Waals surface area contributed by atoms with Crippen LogP contribution in [0.3, 0.4) is 0 Å². The molecule has 0 spiro atoms. The van der Waals surface area contributed by atoms with Gasteiger partial charge in [-0.2, -0.15) is 0 Å². The van der Waals surface area contributed by atoms with Gasteiger partial charge in [0.2, 0.25) is 0 Å². The number of aromatic nitrogens is 1. The Morgan fingerprint density at radius 3 is 2.46 bits per heavy atom. The normalized spacial score (nSPS) is 10.7. The molecule has 1 nitrogen and oxygen atoms in total. The van der Waals surface area contributed by atoms with Crippen molar-refractivity contribution in [2.45, 2.75) is 52.9 Å². The van der Waals surface area contributed by atoms with Gasteiger partial charge in [0.05, 0.1) is 10.7 Å². The lowest BCUT2D eigenvalue weighted by atomic mass is 10.1. The molecule has 0 aliphatic rings. The van der Waals surface area contributed by atoms with Gasteiger partial charge < -0.3 is 0 Å². The summed E-state index contributed by atoms with van der Waals surface area (Å²) in [5.74, 6) is 0. The Morgan fingerprint density at radius 2 is 1.92 bits per heavy atom. The molecule has 0 N–H and O–H groups in total. The summed E-state index contributed by atoms with van der Waals surface area (Å²) in [4.78, 5) is 5.94. The van der Waals surface area contributed by atoms with E-state index in [1.807, 2.05) is 11.3 Å². The first-order valence-electron chi connectivity index (χ1n) is 5.17. The molecule has 0 saturated heterocycles. The highest BCUT2D eigenvalue weighted by molar-refractivity contribution is 7.11. The van der Waals surface area contributed by atoms with Crippen LogP contribution in [-0.2, 0) is 6.42 Å². The maximum Gasteiger partial charge on any atom is 0.0900 e. The maximum absolute atomic E-state index is 4.53. The van der Waals surface area contributed by atoms with E-state index in [1.54, 1.807) is 0 Å². The van der Waals surface area contributed by atoms with Gasteiger partial charge in [-0.3, -0.25) is 0 Å². The highest BCUT2D eigenvalue weighted by Crippen LogP contribution is 2.18. The van der Waals surface area contributed by atoms with Crippen LogP contribution in [0.15, 0.2) is 0 Å². The zero-order chi connectivity index (χ0) is 9.68. The molecule has 0 bridgehead atoms. The van der Waals surface area contributed by atoms with Crippen LogP contribution in [0.2, 0.25) is 0 Å². The van der Waals surface area contributed by atoms with E-state index in [2.05, 4.69) is 25.8 Å². The summed E-state index contributed by atoms with van der Waals surface area (Å²) in [6, 6.07) is 0. The lowest BCUT2D eigenvalue weighted by Crippen LogP contribution is -1.88. The van der Waals surface area contributed by atoms with Gasteiger partial charge in [0.25, 0.3) is 0 Å². The molecule has 74 valence electrons. The molecular weight excluding hydrogens is 178 g/mol. The lowest BCUT2D eigenvalue weighted by molar-refractivity contribution is 0.660. The summed E-state index contributed by atoms with van der Waals surface area (Å²) < 4.78 is 0. The molecule has 1 rings (SSSR count). The number of unbranched alkanes of at least 4 members (excludes halogenated alkanes) is 3. The minimum absolute atomic E-state index is 1.18. The van der Waals surface area contributed by atoms with E-state index in [1.165, 1.54) is 47.7 Å². The van der Waals surface area contributed by atoms with Gasteiger partial charge in [-0.15, -0.1) is 11.3 Å². The molecule has 0 aromatic carbocycles. The van der Waals surface area contributed by atoms with E-state index in [-0.39, 0.29) is 0 Å². The Bertz CT molecular complexity index is 253. The standard InChI is InChI=1S/C11H19NS/c1-4-5-6-7-8-11-9(2)13-10(3)12-11/h4-8H2,1-3H3. The summed E-state index contributed by atoms with van der Waals surface area (Å²) in [5, 5.41) is 1.21. The van der Waals surface area contributed by atoms with Gasteiger partial charge >= 0.3 is 0 Å². The average Bonchev–Trinajstić information content (AvgIpc) is 2.39. The highest BCUT2D eigenvalue weighted by Gasteiger charge is 2.03. The van der Waals surface area contributed by atoms with Crippen LogP contribution in [0.1, 0.15) is 48.2 Å². The third kappa shape index (κ3) is 3.47. The minimum Gasteiger partial charge on any atom is -0.246 e. The second-order valence-corrected chi connectivity index (χ2v) is 4.95. The first-order valence-corrected chi connectivity index (χ1v) is 5.98. The van der Waals surface area contributed by atoms with Crippen molar-refractivity contribution in [2.75, 3.05) is 0 Å². The summed E-state index contributed by atoms with van der Waals surface area (Å²) in [5.41, 5.74) is 1.33. The van der Waals surface area contributed by atoms with E-state index in [4.69, 9.17) is 0 Å². The quantitative estimate of drug-likeness (QED) is 0.653. The summed E-state index contributed by atoms with van der Waals surface area (Å²) in [6.45, 7) is 6.52. The highest BCUT2D eigenvalue weighted by atomic mass is 32.1. The number of rotatable bonds is 5. The predicted octanol–water partition coefficient (Wildman–Crippen LogP) is 3.88. The van der Waals surface area contributed by atoms with Crippen LogP contribution in [-0.4, -0.2) is 4.98 Å². The van der Waals surface area contributed by atoms with Crippen molar-refractivity contribution in [2.24, 2.45) is 0 Å². The molecule has 0 radical (unpaired) electrons. The molecule has 0 saturated carbocycles. The SMILES string of the molecule is CCCCCCc1nc(C)sc1C. The Labute approximate surface area is 85.2 Å². The van der Waals surface area contributed by atoms with Gasteiger partial charge in [0, 0.05) is 4.88 Å². The summed E-state index contributed by atoms with van der Waals surface area (Å²) in [6.07, 6.45) is 6.51. The lowest BCUT2D eigenvalue weighted by Gasteiger charge is -1.97. The average molecular weight is 197 g/mol. The van der Waals surface area contributed by atoms with E-state index in [9.17, 15) is 0 Å². The molecule has 13 heavy (non-hydrogen) atoms. The third-order valence-electron chi connectivity index (χ3n) is 2.27. The van der Waals surface area contributed by atoms with Crippen molar-refractivity contribution >= 4 is 11.3 Å². The largest absolute Gasteiger partial charge is 0.246 e. The Morgan fingerprint density at radius 1 is 1.15 bits per heavy atom. The Kier molecular flexibility index (Phi) is 4.43. The Balaban J connectivity index is 2.32. The van der Waals surface area contributed by atoms with Crippen LogP contribution in [0.5, 0.6) is 0 Å². The maximum atomic E-state index is 4.53. The molecule has 0 aliphatic heterocycles. The molecule has 0 atom stereocenters. The van der Waals surface area contributed by atoms with E-state index < -0.39 is 0 Å². The number of hydrogen-bond acceptors (Lipinski definition) is 2. The topological polar surface area (TPSA) is 12.9 Å². The molecule has 1 aromatic rings. The fourth-order valence-corrected chi connectivity index (χ4v) is 2.39. The zero-order valence-electron chi connectivity index (χ0n) is 8.89. The zero-order valence-corrected chi connectivity index (χ0v) is 9.71. The molecule has 1 heterocycles. The van der Waals surface area contributed by atoms with Crippen molar-refractivity contribution in [3.63, 3.8) is 0 Å². The molecule has 1 aromatic heterocycles. The summed E-state index contributed by atoms with van der Waals surface area (Å²) in [7, 11) is 0. The van der Waals surface area contributed by atoms with Gasteiger partial charge in [0.15, 0.2) is 0 Å². The van der Waals surface area contributed by atoms with Crippen LogP contribution < -0.4 is 0 Å². The van der Waals surface area contributed by atoms with E-state index in [0.717, 1.165) is 0 Å². The minimum atomic E-state index is 1.18. The van der Waals surface area contributed by atoms with Crippen molar-refractivity contribution in [3.05, 3.63) is 15.6 Å². The fraction of sp³-hybridized carbons (Fsp3) is 0.727. The van der Waals surface area contributed by atoms with Crippen molar-refractivity contribution in [1.82, 2.24) is 4.98 Å². The van der Waals surface area contributed by atoms with Crippen LogP contribution in [0.25, 0.3) is 0 Å². The van der Waals surface area contributed by atoms with Gasteiger partial charge in [-0.1, -0.05) is 26.2 Å². The number of thiazole rings is 1. The first-order chi connectivity index (χ1) is 6.24. The second-order valence-electron chi connectivity index (χ2n) is 3.55. The predicted molar refractivity (Wildman–Crippen MR) is 59.4 cm³/mol. The monoisotopic (exact) mass is 197 g/mol. The number of aryl methyl sites for hydroxylation is 3. The molecule has 0 aliphatic carbocycles. The summed E-state index contributed by atoms with van der Waals surface area (Å²) >= 11 is 1.82. The number of hydrogen-bond donors (Lipinski definition) is 0. The van der Waals surface area contributed by atoms with Gasteiger partial charge in [-0.05, 0) is 26.7 Å². The fourth-order valence-electron chi connectivity index (χ4n) is 1.52. The molecule has 0 fully saturated rings. The molecular formula is C11H19NS. The molecule has 0 amide bonds. The van der Waals surface area contributed by atoms with Crippen LogP contribution in [0.4, 0.5) is 0 Å². The van der Waals surface area contributed by atoms with Crippen molar-refractivity contribution in [3.8, 4) is 0 Å². The van der Waals surface area contributed by atoms with Crippen LogP contribution >= 0.6 is 11.3 Å². The first kappa shape index (κ1) is 10.7. The smallest absolute Gasteiger partial charge is 0.0900 e. The third-order valence-corrected chi connectivity index (χ3v) is 3.20. The van der Waals surface area contributed by atoms with Crippen molar-refractivity contribution in [1.29, 1.82) is 0 Å². The molecule has 2 heteroatoms. The second kappa shape index (κ2) is 5.38. The Hall–Kier alpha value is -0.370. The van der Waals surface area contributed by atoms with Gasteiger partial charge in [-0.25, -0.2) is 4.98 Å². The number of nitrogens with zero attached hydrogens (tertiary/aromatic N) is 1. The van der Waals surface area contributed by atoms with E-state index in [0.29, 0.717) is 0 Å². The van der Waals surface area contributed by atoms with Crippen LogP contribution in [0, 0.1) is 13.8 Å². The van der Waals surface area contributed by atoms with Crippen molar-refractivity contribution < 1.29 is 0 Å².